The number of hydrogen-bond acceptors (Lipinski definition) is 6. The van der Waals surface area contributed by atoms with Crippen molar-refractivity contribution in [1.29, 1.82) is 0 Å². The number of hydrogen-bond donors (Lipinski definition) is 1. The van der Waals surface area contributed by atoms with Gasteiger partial charge in [0.05, 0.1) is 0 Å². The topological polar surface area (TPSA) is 74.2 Å². The second-order valence-corrected chi connectivity index (χ2v) is 7.52. The Morgan fingerprint density at radius 2 is 1.89 bits per heavy atom. The number of anilines is 3. The Bertz CT molecular complexity index is 827. The first-order chi connectivity index (χ1) is 13.1. The molecule has 1 aliphatic heterocycles. The highest BCUT2D eigenvalue weighted by molar-refractivity contribution is 5.77. The van der Waals surface area contributed by atoms with Crippen molar-refractivity contribution in [3.8, 4) is 0 Å². The van der Waals surface area contributed by atoms with E-state index in [0.717, 1.165) is 61.4 Å². The lowest BCUT2D eigenvalue weighted by atomic mass is 10.2. The molecule has 142 valence electrons. The molecular formula is C20H26N6O. The molecule has 0 spiro atoms. The molecule has 0 aromatic carbocycles. The summed E-state index contributed by atoms with van der Waals surface area (Å²) < 4.78 is 0. The van der Waals surface area contributed by atoms with E-state index in [1.165, 1.54) is 12.8 Å². The van der Waals surface area contributed by atoms with Gasteiger partial charge in [0.25, 0.3) is 0 Å². The van der Waals surface area contributed by atoms with Crippen molar-refractivity contribution in [1.82, 2.24) is 19.9 Å². The highest BCUT2D eigenvalue weighted by atomic mass is 16.2. The quantitative estimate of drug-likeness (QED) is 0.877. The van der Waals surface area contributed by atoms with Gasteiger partial charge in [-0.15, -0.1) is 0 Å². The minimum absolute atomic E-state index is 0.309. The van der Waals surface area contributed by atoms with Crippen LogP contribution in [0.25, 0.3) is 0 Å². The Hall–Kier alpha value is -2.70. The Morgan fingerprint density at radius 3 is 2.59 bits per heavy atom. The lowest BCUT2D eigenvalue weighted by Crippen LogP contribution is -2.49. The molecule has 0 bridgehead atoms. The number of amides is 1. The van der Waals surface area contributed by atoms with Crippen LogP contribution < -0.4 is 10.2 Å². The molecule has 7 heteroatoms. The Kier molecular flexibility index (Phi) is 4.92. The number of piperazine rings is 1. The predicted octanol–water partition coefficient (Wildman–Crippen LogP) is 2.68. The third-order valence-electron chi connectivity index (χ3n) is 5.11. The highest BCUT2D eigenvalue weighted by Crippen LogP contribution is 2.33. The van der Waals surface area contributed by atoms with E-state index < -0.39 is 0 Å². The molecule has 1 amide bonds. The fourth-order valence-corrected chi connectivity index (χ4v) is 3.40. The van der Waals surface area contributed by atoms with Crippen molar-refractivity contribution in [2.24, 2.45) is 5.92 Å². The fraction of sp³-hybridized carbons (Fsp3) is 0.500. The van der Waals surface area contributed by atoms with Gasteiger partial charge in [0.15, 0.2) is 0 Å². The zero-order chi connectivity index (χ0) is 18.8. The molecule has 1 aliphatic carbocycles. The molecule has 1 N–H and O–H groups in total. The van der Waals surface area contributed by atoms with Crippen LogP contribution in [0.15, 0.2) is 24.4 Å². The molecule has 2 fully saturated rings. The standard InChI is InChI=1S/C20H26N6O/c1-14-5-6-21-17(11-14)24-18-13-19(23-15(2)22-18)25-7-9-26(10-8-25)20(27)12-16-3-4-16/h5-6,11,13,16H,3-4,7-10,12H2,1-2H3,(H,21,22,23,24). The molecule has 0 radical (unpaired) electrons. The Morgan fingerprint density at radius 1 is 1.11 bits per heavy atom. The van der Waals surface area contributed by atoms with Gasteiger partial charge >= 0.3 is 0 Å². The number of carbonyl (C=O) groups is 1. The largest absolute Gasteiger partial charge is 0.353 e. The zero-order valence-corrected chi connectivity index (χ0v) is 16.0. The first-order valence-corrected chi connectivity index (χ1v) is 9.65. The molecule has 2 aliphatic rings. The summed E-state index contributed by atoms with van der Waals surface area (Å²) in [4.78, 5) is 29.9. The molecule has 7 nitrogen and oxygen atoms in total. The van der Waals surface area contributed by atoms with Crippen molar-refractivity contribution < 1.29 is 4.79 Å². The number of aromatic nitrogens is 3. The van der Waals surface area contributed by atoms with Gasteiger partial charge in [0.1, 0.15) is 23.3 Å². The van der Waals surface area contributed by atoms with Gasteiger partial charge < -0.3 is 15.1 Å². The van der Waals surface area contributed by atoms with E-state index in [9.17, 15) is 4.79 Å². The molecule has 1 saturated carbocycles. The molecule has 1 saturated heterocycles. The average molecular weight is 366 g/mol. The summed E-state index contributed by atoms with van der Waals surface area (Å²) in [6.45, 7) is 7.05. The van der Waals surface area contributed by atoms with Crippen molar-refractivity contribution in [3.05, 3.63) is 35.8 Å². The second kappa shape index (κ2) is 7.50. The molecule has 3 heterocycles. The SMILES string of the molecule is Cc1ccnc(Nc2cc(N3CCN(C(=O)CC4CC4)CC3)nc(C)n2)c1. The molecule has 4 rings (SSSR count). The molecule has 0 unspecified atom stereocenters. The monoisotopic (exact) mass is 366 g/mol. The molecule has 2 aromatic heterocycles. The van der Waals surface area contributed by atoms with Crippen molar-refractivity contribution in [3.63, 3.8) is 0 Å². The van der Waals surface area contributed by atoms with E-state index in [-0.39, 0.29) is 0 Å². The van der Waals surface area contributed by atoms with Crippen LogP contribution in [0.5, 0.6) is 0 Å². The minimum atomic E-state index is 0.309. The average Bonchev–Trinajstić information content (AvgIpc) is 3.45. The number of pyridine rings is 1. The van der Waals surface area contributed by atoms with Crippen LogP contribution in [-0.2, 0) is 4.79 Å². The van der Waals surface area contributed by atoms with Gasteiger partial charge in [-0.25, -0.2) is 15.0 Å². The van der Waals surface area contributed by atoms with Gasteiger partial charge in [-0.3, -0.25) is 4.79 Å². The number of rotatable bonds is 5. The Balaban J connectivity index is 1.41. The summed E-state index contributed by atoms with van der Waals surface area (Å²) in [7, 11) is 0. The summed E-state index contributed by atoms with van der Waals surface area (Å²) in [6, 6.07) is 5.91. The van der Waals surface area contributed by atoms with Crippen LogP contribution in [0.3, 0.4) is 0 Å². The van der Waals surface area contributed by atoms with Crippen molar-refractivity contribution in [2.45, 2.75) is 33.1 Å². The van der Waals surface area contributed by atoms with Crippen LogP contribution in [-0.4, -0.2) is 51.9 Å². The van der Waals surface area contributed by atoms with E-state index in [2.05, 4.69) is 25.2 Å². The Labute approximate surface area is 159 Å². The van der Waals surface area contributed by atoms with Crippen LogP contribution >= 0.6 is 0 Å². The normalized spacial score (nSPS) is 17.1. The van der Waals surface area contributed by atoms with Gasteiger partial charge in [-0.2, -0.15) is 0 Å². The van der Waals surface area contributed by atoms with Crippen LogP contribution in [0.1, 0.15) is 30.7 Å². The van der Waals surface area contributed by atoms with Gasteiger partial charge in [0, 0.05) is 44.9 Å². The molecule has 27 heavy (non-hydrogen) atoms. The highest BCUT2D eigenvalue weighted by Gasteiger charge is 2.29. The fourth-order valence-electron chi connectivity index (χ4n) is 3.40. The van der Waals surface area contributed by atoms with E-state index in [0.29, 0.717) is 11.8 Å². The maximum atomic E-state index is 12.3. The molecule has 2 aromatic rings. The zero-order valence-electron chi connectivity index (χ0n) is 16.0. The van der Waals surface area contributed by atoms with Crippen LogP contribution in [0.2, 0.25) is 0 Å². The number of nitrogens with zero attached hydrogens (tertiary/aromatic N) is 5. The van der Waals surface area contributed by atoms with Gasteiger partial charge in [-0.1, -0.05) is 0 Å². The van der Waals surface area contributed by atoms with Gasteiger partial charge in [-0.05, 0) is 50.3 Å². The summed E-state index contributed by atoms with van der Waals surface area (Å²) in [5.74, 6) is 4.08. The maximum Gasteiger partial charge on any atom is 0.222 e. The van der Waals surface area contributed by atoms with E-state index >= 15 is 0 Å². The number of aryl methyl sites for hydroxylation is 2. The van der Waals surface area contributed by atoms with Crippen LogP contribution in [0, 0.1) is 19.8 Å². The summed E-state index contributed by atoms with van der Waals surface area (Å²) in [5, 5.41) is 3.27. The lowest BCUT2D eigenvalue weighted by molar-refractivity contribution is -0.131. The van der Waals surface area contributed by atoms with Gasteiger partial charge in [0.2, 0.25) is 5.91 Å². The molecular weight excluding hydrogens is 340 g/mol. The van der Waals surface area contributed by atoms with E-state index in [4.69, 9.17) is 0 Å². The number of nitrogens with one attached hydrogen (secondary N) is 1. The number of carbonyl (C=O) groups excluding carboxylic acids is 1. The molecule has 0 atom stereocenters. The summed E-state index contributed by atoms with van der Waals surface area (Å²) in [6.07, 6.45) is 4.95. The lowest BCUT2D eigenvalue weighted by Gasteiger charge is -2.35. The van der Waals surface area contributed by atoms with Crippen molar-refractivity contribution in [2.75, 3.05) is 36.4 Å². The summed E-state index contributed by atoms with van der Waals surface area (Å²) >= 11 is 0. The third-order valence-corrected chi connectivity index (χ3v) is 5.11. The maximum absolute atomic E-state index is 12.3. The summed E-state index contributed by atoms with van der Waals surface area (Å²) in [5.41, 5.74) is 1.14. The smallest absolute Gasteiger partial charge is 0.222 e. The first kappa shape index (κ1) is 17.7. The minimum Gasteiger partial charge on any atom is -0.353 e. The van der Waals surface area contributed by atoms with E-state index in [1.54, 1.807) is 6.20 Å². The first-order valence-electron chi connectivity index (χ1n) is 9.65. The predicted molar refractivity (Wildman–Crippen MR) is 105 cm³/mol. The second-order valence-electron chi connectivity index (χ2n) is 7.52. The third kappa shape index (κ3) is 4.53. The van der Waals surface area contributed by atoms with Crippen LogP contribution in [0.4, 0.5) is 17.5 Å². The van der Waals surface area contributed by atoms with E-state index in [1.807, 2.05) is 36.9 Å². The van der Waals surface area contributed by atoms with Crippen molar-refractivity contribution >= 4 is 23.4 Å².